The number of hydrogen-bond acceptors (Lipinski definition) is 3. The van der Waals surface area contributed by atoms with Crippen LogP contribution in [0, 0.1) is 0 Å². The van der Waals surface area contributed by atoms with E-state index in [4.69, 9.17) is 0 Å². The average Bonchev–Trinajstić information content (AvgIpc) is 2.99. The Morgan fingerprint density at radius 3 is 2.89 bits per heavy atom. The maximum absolute atomic E-state index is 12.1. The lowest BCUT2D eigenvalue weighted by Crippen LogP contribution is -2.40. The quantitative estimate of drug-likeness (QED) is 0.920. The molecule has 1 amide bonds. The van der Waals surface area contributed by atoms with Gasteiger partial charge in [0.2, 0.25) is 5.91 Å². The number of nitrogens with one attached hydrogen (secondary N) is 1. The fourth-order valence-corrected chi connectivity index (χ4v) is 4.27. The topological polar surface area (TPSA) is 32.3 Å². The van der Waals surface area contributed by atoms with E-state index in [1.807, 2.05) is 34.9 Å². The molecule has 0 spiro atoms. The highest BCUT2D eigenvalue weighted by atomic mass is 32.2. The number of thioether (sulfide) groups is 1. The third-order valence-electron chi connectivity index (χ3n) is 4.00. The first-order chi connectivity index (χ1) is 9.18. The lowest BCUT2D eigenvalue weighted by Gasteiger charge is -2.32. The Morgan fingerprint density at radius 2 is 2.21 bits per heavy atom. The number of hydrogen-bond donors (Lipinski definition) is 1. The van der Waals surface area contributed by atoms with Crippen molar-refractivity contribution in [3.05, 3.63) is 35.9 Å². The Kier molecular flexibility index (Phi) is 3.54. The van der Waals surface area contributed by atoms with Gasteiger partial charge in [0.15, 0.2) is 0 Å². The Bertz CT molecular complexity index is 456. The normalized spacial score (nSPS) is 31.1. The van der Waals surface area contributed by atoms with Gasteiger partial charge in [0.25, 0.3) is 0 Å². The molecule has 3 nitrogen and oxygen atoms in total. The molecule has 2 aliphatic rings. The summed E-state index contributed by atoms with van der Waals surface area (Å²) < 4.78 is 0.231. The zero-order valence-corrected chi connectivity index (χ0v) is 12.1. The van der Waals surface area contributed by atoms with Gasteiger partial charge in [-0.1, -0.05) is 30.3 Å². The van der Waals surface area contributed by atoms with Crippen molar-refractivity contribution in [3.63, 3.8) is 0 Å². The minimum Gasteiger partial charge on any atom is -0.320 e. The van der Waals surface area contributed by atoms with E-state index in [9.17, 15) is 4.79 Å². The maximum Gasteiger partial charge on any atom is 0.238 e. The molecule has 1 N–H and O–H groups in total. The Hall–Kier alpha value is -1.00. The van der Waals surface area contributed by atoms with Crippen LogP contribution in [0.1, 0.15) is 31.5 Å². The molecule has 0 aromatic heterocycles. The third-order valence-corrected chi connectivity index (χ3v) is 5.52. The van der Waals surface area contributed by atoms with E-state index in [1.165, 1.54) is 24.2 Å². The van der Waals surface area contributed by atoms with Gasteiger partial charge >= 0.3 is 0 Å². The van der Waals surface area contributed by atoms with Crippen LogP contribution in [0.2, 0.25) is 0 Å². The molecule has 0 aliphatic carbocycles. The Balaban J connectivity index is 1.79. The standard InChI is InChI=1S/C15H20N2OS/c1-15(8-5-9-19-15)11-17-13(18)10-16-14(17)12-6-3-2-4-7-12/h2-4,6-7,14,16H,5,8-11H2,1H3. The van der Waals surface area contributed by atoms with Crippen LogP contribution in [0.25, 0.3) is 0 Å². The van der Waals surface area contributed by atoms with Crippen LogP contribution >= 0.6 is 11.8 Å². The van der Waals surface area contributed by atoms with Gasteiger partial charge in [-0.05, 0) is 31.1 Å². The molecule has 102 valence electrons. The molecule has 19 heavy (non-hydrogen) atoms. The van der Waals surface area contributed by atoms with E-state index < -0.39 is 0 Å². The summed E-state index contributed by atoms with van der Waals surface area (Å²) >= 11 is 2.01. The fourth-order valence-electron chi connectivity index (χ4n) is 2.97. The monoisotopic (exact) mass is 276 g/mol. The summed E-state index contributed by atoms with van der Waals surface area (Å²) in [5, 5.41) is 3.33. The SMILES string of the molecule is CC1(CN2C(=O)CNC2c2ccccc2)CCCS1. The zero-order chi connectivity index (χ0) is 13.3. The van der Waals surface area contributed by atoms with E-state index >= 15 is 0 Å². The molecule has 0 bridgehead atoms. The van der Waals surface area contributed by atoms with Gasteiger partial charge in [-0.25, -0.2) is 0 Å². The molecule has 2 aliphatic heterocycles. The average molecular weight is 276 g/mol. The fraction of sp³-hybridized carbons (Fsp3) is 0.533. The summed E-state index contributed by atoms with van der Waals surface area (Å²) in [5.74, 6) is 1.45. The van der Waals surface area contributed by atoms with Gasteiger partial charge in [0.05, 0.1) is 6.54 Å². The van der Waals surface area contributed by atoms with E-state index in [2.05, 4.69) is 24.4 Å². The molecule has 2 unspecified atom stereocenters. The number of rotatable bonds is 3. The highest BCUT2D eigenvalue weighted by molar-refractivity contribution is 8.00. The van der Waals surface area contributed by atoms with Crippen molar-refractivity contribution in [3.8, 4) is 0 Å². The molecule has 3 rings (SSSR count). The van der Waals surface area contributed by atoms with Gasteiger partial charge in [-0.15, -0.1) is 0 Å². The van der Waals surface area contributed by atoms with Gasteiger partial charge in [0.1, 0.15) is 6.17 Å². The number of benzene rings is 1. The number of carbonyl (C=O) groups is 1. The molecule has 0 radical (unpaired) electrons. The zero-order valence-electron chi connectivity index (χ0n) is 11.3. The van der Waals surface area contributed by atoms with Crippen molar-refractivity contribution >= 4 is 17.7 Å². The van der Waals surface area contributed by atoms with Gasteiger partial charge in [-0.3, -0.25) is 10.1 Å². The van der Waals surface area contributed by atoms with Crippen LogP contribution in [0.15, 0.2) is 30.3 Å². The van der Waals surface area contributed by atoms with Crippen molar-refractivity contribution < 1.29 is 4.79 Å². The Morgan fingerprint density at radius 1 is 1.42 bits per heavy atom. The first-order valence-electron chi connectivity index (χ1n) is 6.90. The lowest BCUT2D eigenvalue weighted by atomic mass is 10.0. The van der Waals surface area contributed by atoms with E-state index in [0.29, 0.717) is 6.54 Å². The minimum atomic E-state index is 0.0479. The molecule has 2 fully saturated rings. The van der Waals surface area contributed by atoms with E-state index in [0.717, 1.165) is 6.54 Å². The molecular formula is C15H20N2OS. The first kappa shape index (κ1) is 13.0. The van der Waals surface area contributed by atoms with Crippen molar-refractivity contribution in [2.45, 2.75) is 30.7 Å². The molecule has 1 aromatic rings. The van der Waals surface area contributed by atoms with Crippen LogP contribution in [0.3, 0.4) is 0 Å². The maximum atomic E-state index is 12.1. The first-order valence-corrected chi connectivity index (χ1v) is 7.88. The largest absolute Gasteiger partial charge is 0.320 e. The summed E-state index contributed by atoms with van der Waals surface area (Å²) in [4.78, 5) is 14.2. The predicted molar refractivity (Wildman–Crippen MR) is 79.0 cm³/mol. The lowest BCUT2D eigenvalue weighted by molar-refractivity contribution is -0.128. The van der Waals surface area contributed by atoms with Crippen LogP contribution in [0.5, 0.6) is 0 Å². The second-order valence-corrected chi connectivity index (χ2v) is 7.30. The molecule has 2 atom stereocenters. The van der Waals surface area contributed by atoms with E-state index in [-0.39, 0.29) is 16.8 Å². The predicted octanol–water partition coefficient (Wildman–Crippen LogP) is 2.40. The van der Waals surface area contributed by atoms with Crippen LogP contribution in [0.4, 0.5) is 0 Å². The van der Waals surface area contributed by atoms with Crippen LogP contribution in [-0.2, 0) is 4.79 Å². The molecule has 2 saturated heterocycles. The number of amides is 1. The second kappa shape index (κ2) is 5.17. The van der Waals surface area contributed by atoms with Crippen molar-refractivity contribution in [1.29, 1.82) is 0 Å². The highest BCUT2D eigenvalue weighted by Gasteiger charge is 2.39. The van der Waals surface area contributed by atoms with Gasteiger partial charge in [-0.2, -0.15) is 11.8 Å². The van der Waals surface area contributed by atoms with Gasteiger partial charge in [0, 0.05) is 11.3 Å². The number of carbonyl (C=O) groups excluding carboxylic acids is 1. The van der Waals surface area contributed by atoms with Crippen LogP contribution < -0.4 is 5.32 Å². The Labute approximate surface area is 118 Å². The van der Waals surface area contributed by atoms with Gasteiger partial charge < -0.3 is 4.90 Å². The summed E-state index contributed by atoms with van der Waals surface area (Å²) in [5.41, 5.74) is 1.18. The summed E-state index contributed by atoms with van der Waals surface area (Å²) in [6.45, 7) is 3.60. The summed E-state index contributed by atoms with van der Waals surface area (Å²) in [6.07, 6.45) is 2.53. The number of nitrogens with zero attached hydrogens (tertiary/aromatic N) is 1. The smallest absolute Gasteiger partial charge is 0.238 e. The summed E-state index contributed by atoms with van der Waals surface area (Å²) in [6, 6.07) is 10.3. The minimum absolute atomic E-state index is 0.0479. The molecule has 0 saturated carbocycles. The third kappa shape index (κ3) is 2.65. The van der Waals surface area contributed by atoms with Crippen LogP contribution in [-0.4, -0.2) is 34.4 Å². The van der Waals surface area contributed by atoms with Crippen molar-refractivity contribution in [2.24, 2.45) is 0 Å². The second-order valence-electron chi connectivity index (χ2n) is 5.62. The van der Waals surface area contributed by atoms with E-state index in [1.54, 1.807) is 0 Å². The summed E-state index contributed by atoms with van der Waals surface area (Å²) in [7, 11) is 0. The van der Waals surface area contributed by atoms with Crippen molar-refractivity contribution in [1.82, 2.24) is 10.2 Å². The molecule has 2 heterocycles. The highest BCUT2D eigenvalue weighted by Crippen LogP contribution is 2.40. The molecular weight excluding hydrogens is 256 g/mol. The van der Waals surface area contributed by atoms with Crippen molar-refractivity contribution in [2.75, 3.05) is 18.8 Å². The molecule has 1 aromatic carbocycles. The molecule has 4 heteroatoms.